The monoisotopic (exact) mass is 270 g/mol. The van der Waals surface area contributed by atoms with Crippen LogP contribution >= 0.6 is 0 Å². The van der Waals surface area contributed by atoms with Crippen molar-refractivity contribution < 1.29 is 4.74 Å². The third-order valence-corrected chi connectivity index (χ3v) is 3.45. The van der Waals surface area contributed by atoms with E-state index >= 15 is 0 Å². The van der Waals surface area contributed by atoms with Gasteiger partial charge in [-0.15, -0.1) is 0 Å². The van der Waals surface area contributed by atoms with Gasteiger partial charge in [-0.05, 0) is 38.5 Å². The zero-order valence-corrected chi connectivity index (χ0v) is 12.3. The molecule has 0 spiro atoms. The lowest BCUT2D eigenvalue weighted by Crippen LogP contribution is -2.43. The summed E-state index contributed by atoms with van der Waals surface area (Å²) in [5.74, 6) is 0. The molecule has 2 N–H and O–H groups in total. The minimum absolute atomic E-state index is 0.428. The van der Waals surface area contributed by atoms with Crippen molar-refractivity contribution in [2.75, 3.05) is 6.54 Å². The van der Waals surface area contributed by atoms with Crippen molar-refractivity contribution in [2.24, 2.45) is 5.73 Å². The predicted octanol–water partition coefficient (Wildman–Crippen LogP) is 3.10. The number of nitrogens with two attached hydrogens (primary N) is 1. The van der Waals surface area contributed by atoms with Crippen LogP contribution in [0, 0.1) is 0 Å². The molecule has 20 heavy (non-hydrogen) atoms. The fraction of sp³-hybridized carbons (Fsp3) is 0.353. The van der Waals surface area contributed by atoms with Gasteiger partial charge in [-0.3, -0.25) is 4.98 Å². The van der Waals surface area contributed by atoms with Crippen LogP contribution in [0.1, 0.15) is 32.0 Å². The SMILES string of the molecule is CC(C)(CN)OC(C)(c1ccccc1)c1ccccn1. The summed E-state index contributed by atoms with van der Waals surface area (Å²) in [4.78, 5) is 4.48. The number of ether oxygens (including phenoxy) is 1. The zero-order valence-electron chi connectivity index (χ0n) is 12.3. The Balaban J connectivity index is 2.50. The van der Waals surface area contributed by atoms with E-state index < -0.39 is 11.2 Å². The second kappa shape index (κ2) is 5.73. The second-order valence-electron chi connectivity index (χ2n) is 5.68. The Morgan fingerprint density at radius 1 is 1.00 bits per heavy atom. The van der Waals surface area contributed by atoms with Crippen LogP contribution in [-0.2, 0) is 10.3 Å². The molecule has 0 aliphatic heterocycles. The molecule has 1 atom stereocenters. The Labute approximate surface area is 120 Å². The van der Waals surface area contributed by atoms with Gasteiger partial charge >= 0.3 is 0 Å². The Morgan fingerprint density at radius 3 is 2.20 bits per heavy atom. The normalized spacial score (nSPS) is 14.8. The van der Waals surface area contributed by atoms with Crippen LogP contribution in [0.15, 0.2) is 54.7 Å². The van der Waals surface area contributed by atoms with Gasteiger partial charge in [-0.2, -0.15) is 0 Å². The molecule has 0 fully saturated rings. The van der Waals surface area contributed by atoms with E-state index in [1.54, 1.807) is 6.20 Å². The van der Waals surface area contributed by atoms with Gasteiger partial charge in [-0.1, -0.05) is 36.4 Å². The molecular weight excluding hydrogens is 248 g/mol. The summed E-state index contributed by atoms with van der Waals surface area (Å²) in [5, 5.41) is 0. The standard InChI is InChI=1S/C17H22N2O/c1-16(2,13-18)20-17(3,14-9-5-4-6-10-14)15-11-7-8-12-19-15/h4-12H,13,18H2,1-3H3. The molecule has 0 saturated heterocycles. The van der Waals surface area contributed by atoms with E-state index in [0.717, 1.165) is 11.3 Å². The second-order valence-corrected chi connectivity index (χ2v) is 5.68. The average Bonchev–Trinajstić information content (AvgIpc) is 2.48. The summed E-state index contributed by atoms with van der Waals surface area (Å²) in [5.41, 5.74) is 6.73. The maximum absolute atomic E-state index is 6.36. The van der Waals surface area contributed by atoms with E-state index in [4.69, 9.17) is 10.5 Å². The first kappa shape index (κ1) is 14.7. The summed E-state index contributed by atoms with van der Waals surface area (Å²) in [6.07, 6.45) is 1.79. The van der Waals surface area contributed by atoms with Gasteiger partial charge in [0.15, 0.2) is 0 Å². The van der Waals surface area contributed by atoms with Crippen molar-refractivity contribution >= 4 is 0 Å². The summed E-state index contributed by atoms with van der Waals surface area (Å²) in [6, 6.07) is 16.0. The maximum atomic E-state index is 6.36. The number of hydrogen-bond donors (Lipinski definition) is 1. The van der Waals surface area contributed by atoms with E-state index in [2.05, 4.69) is 17.1 Å². The molecule has 0 aliphatic carbocycles. The highest BCUT2D eigenvalue weighted by Gasteiger charge is 2.36. The Kier molecular flexibility index (Phi) is 4.21. The number of aromatic nitrogens is 1. The third-order valence-electron chi connectivity index (χ3n) is 3.45. The summed E-state index contributed by atoms with van der Waals surface area (Å²) in [7, 11) is 0. The van der Waals surface area contributed by atoms with Crippen LogP contribution in [0.5, 0.6) is 0 Å². The first-order valence-corrected chi connectivity index (χ1v) is 6.85. The third kappa shape index (κ3) is 3.06. The molecule has 0 radical (unpaired) electrons. The lowest BCUT2D eigenvalue weighted by atomic mass is 9.90. The molecule has 1 aromatic carbocycles. The Bertz CT molecular complexity index is 498. The van der Waals surface area contributed by atoms with Crippen molar-refractivity contribution in [3.63, 3.8) is 0 Å². The fourth-order valence-corrected chi connectivity index (χ4v) is 2.25. The van der Waals surface area contributed by atoms with Gasteiger partial charge < -0.3 is 10.5 Å². The number of hydrogen-bond acceptors (Lipinski definition) is 3. The van der Waals surface area contributed by atoms with Crippen molar-refractivity contribution in [1.29, 1.82) is 0 Å². The predicted molar refractivity (Wildman–Crippen MR) is 81.4 cm³/mol. The van der Waals surface area contributed by atoms with Crippen molar-refractivity contribution in [3.8, 4) is 0 Å². The van der Waals surface area contributed by atoms with Crippen LogP contribution < -0.4 is 5.73 Å². The lowest BCUT2D eigenvalue weighted by Gasteiger charge is -2.38. The highest BCUT2D eigenvalue weighted by Crippen LogP contribution is 2.35. The molecule has 1 aromatic heterocycles. The topological polar surface area (TPSA) is 48.1 Å². The number of rotatable bonds is 5. The van der Waals surface area contributed by atoms with Crippen LogP contribution in [-0.4, -0.2) is 17.1 Å². The fourth-order valence-electron chi connectivity index (χ4n) is 2.25. The zero-order chi connectivity index (χ0) is 14.6. The maximum Gasteiger partial charge on any atom is 0.133 e. The van der Waals surface area contributed by atoms with Gasteiger partial charge in [-0.25, -0.2) is 0 Å². The number of benzene rings is 1. The van der Waals surface area contributed by atoms with Gasteiger partial charge in [0.05, 0.1) is 11.3 Å². The van der Waals surface area contributed by atoms with E-state index in [9.17, 15) is 0 Å². The largest absolute Gasteiger partial charge is 0.357 e. The van der Waals surface area contributed by atoms with Gasteiger partial charge in [0.25, 0.3) is 0 Å². The van der Waals surface area contributed by atoms with E-state index in [1.165, 1.54) is 0 Å². The minimum Gasteiger partial charge on any atom is -0.357 e. The van der Waals surface area contributed by atoms with E-state index in [0.29, 0.717) is 6.54 Å². The molecular formula is C17H22N2O. The highest BCUT2D eigenvalue weighted by molar-refractivity contribution is 5.31. The van der Waals surface area contributed by atoms with Gasteiger partial charge in [0, 0.05) is 12.7 Å². The van der Waals surface area contributed by atoms with Crippen molar-refractivity contribution in [1.82, 2.24) is 4.98 Å². The Hall–Kier alpha value is -1.71. The number of pyridine rings is 1. The smallest absolute Gasteiger partial charge is 0.133 e. The minimum atomic E-state index is -0.620. The molecule has 0 bridgehead atoms. The molecule has 1 unspecified atom stereocenters. The highest BCUT2D eigenvalue weighted by atomic mass is 16.5. The molecule has 3 heteroatoms. The lowest BCUT2D eigenvalue weighted by molar-refractivity contribution is -0.111. The van der Waals surface area contributed by atoms with Gasteiger partial charge in [0.1, 0.15) is 5.60 Å². The molecule has 2 aromatic rings. The summed E-state index contributed by atoms with van der Waals surface area (Å²) in [6.45, 7) is 6.48. The van der Waals surface area contributed by atoms with Crippen LogP contribution in [0.25, 0.3) is 0 Å². The Morgan fingerprint density at radius 2 is 1.65 bits per heavy atom. The van der Waals surface area contributed by atoms with Crippen LogP contribution in [0.3, 0.4) is 0 Å². The average molecular weight is 270 g/mol. The first-order chi connectivity index (χ1) is 9.48. The number of nitrogens with zero attached hydrogens (tertiary/aromatic N) is 1. The van der Waals surface area contributed by atoms with Crippen LogP contribution in [0.2, 0.25) is 0 Å². The van der Waals surface area contributed by atoms with E-state index in [-0.39, 0.29) is 0 Å². The molecule has 0 aliphatic rings. The van der Waals surface area contributed by atoms with E-state index in [1.807, 2.05) is 57.2 Å². The molecule has 106 valence electrons. The molecule has 1 heterocycles. The molecule has 2 rings (SSSR count). The quantitative estimate of drug-likeness (QED) is 0.908. The first-order valence-electron chi connectivity index (χ1n) is 6.85. The van der Waals surface area contributed by atoms with Gasteiger partial charge in [0.2, 0.25) is 0 Å². The summed E-state index contributed by atoms with van der Waals surface area (Å²) < 4.78 is 6.36. The summed E-state index contributed by atoms with van der Waals surface area (Å²) >= 11 is 0. The van der Waals surface area contributed by atoms with Crippen LogP contribution in [0.4, 0.5) is 0 Å². The molecule has 0 saturated carbocycles. The van der Waals surface area contributed by atoms with Crippen molar-refractivity contribution in [2.45, 2.75) is 32.0 Å². The van der Waals surface area contributed by atoms with Crippen molar-refractivity contribution in [3.05, 3.63) is 66.0 Å². The molecule has 3 nitrogen and oxygen atoms in total. The molecule has 0 amide bonds.